The van der Waals surface area contributed by atoms with Crippen molar-refractivity contribution in [2.24, 2.45) is 17.6 Å². The van der Waals surface area contributed by atoms with E-state index in [1.165, 1.54) is 0 Å². The van der Waals surface area contributed by atoms with Crippen LogP contribution in [-0.4, -0.2) is 78.6 Å². The van der Waals surface area contributed by atoms with Crippen LogP contribution < -0.4 is 11.1 Å². The number of carbonyl (C=O) groups excluding carboxylic acids is 3. The highest BCUT2D eigenvalue weighted by atomic mass is 16.6. The smallest absolute Gasteiger partial charge is 0.404 e. The number of piperidine rings is 1. The summed E-state index contributed by atoms with van der Waals surface area (Å²) in [6.07, 6.45) is 1.19. The SMILES string of the molecule is COC12[C@@H]3N[C@@H]3CN1C1=C(C(=O)C(N3CCCC(C)C3)=C(C)C1=O)[C@@H]2COC(N)=O. The van der Waals surface area contributed by atoms with E-state index in [4.69, 9.17) is 15.2 Å². The molecule has 0 spiro atoms. The number of nitrogens with zero attached hydrogens (tertiary/aromatic N) is 2. The Bertz CT molecular complexity index is 911. The molecule has 5 aliphatic rings. The standard InChI is InChI=1S/C21H28N4O5/c1-10-5-4-6-24(7-10)15-11(2)17(26)16-14(18(15)27)12(9-30-20(22)28)21(29-3)19-13(23-19)8-25(16)21/h10,12-13,19,23H,4-9H2,1-3H3,(H2,22,28)/t10?,12-,13+,19+,21?/m0/s1. The monoisotopic (exact) mass is 416 g/mol. The zero-order valence-electron chi connectivity index (χ0n) is 17.6. The van der Waals surface area contributed by atoms with Gasteiger partial charge >= 0.3 is 6.09 Å². The lowest BCUT2D eigenvalue weighted by molar-refractivity contribution is -0.137. The summed E-state index contributed by atoms with van der Waals surface area (Å²) in [7, 11) is 1.58. The van der Waals surface area contributed by atoms with Gasteiger partial charge in [-0.1, -0.05) is 6.92 Å². The van der Waals surface area contributed by atoms with Gasteiger partial charge in [0.1, 0.15) is 6.61 Å². The average molecular weight is 416 g/mol. The zero-order valence-corrected chi connectivity index (χ0v) is 17.6. The first-order valence-corrected chi connectivity index (χ1v) is 10.6. The van der Waals surface area contributed by atoms with Crippen molar-refractivity contribution in [1.29, 1.82) is 0 Å². The molecule has 4 aliphatic heterocycles. The van der Waals surface area contributed by atoms with Gasteiger partial charge < -0.3 is 30.3 Å². The molecule has 162 valence electrons. The predicted molar refractivity (Wildman–Crippen MR) is 106 cm³/mol. The molecule has 1 amide bonds. The first-order valence-electron chi connectivity index (χ1n) is 10.6. The van der Waals surface area contributed by atoms with Crippen molar-refractivity contribution in [1.82, 2.24) is 15.1 Å². The number of amides is 1. The second-order valence-corrected chi connectivity index (χ2v) is 9.09. The van der Waals surface area contributed by atoms with Crippen LogP contribution in [0.1, 0.15) is 26.7 Å². The third kappa shape index (κ3) is 2.45. The number of piperazine rings is 1. The van der Waals surface area contributed by atoms with E-state index in [0.717, 1.165) is 25.9 Å². The third-order valence-corrected chi connectivity index (χ3v) is 7.37. The first-order chi connectivity index (χ1) is 14.3. The number of rotatable bonds is 4. The van der Waals surface area contributed by atoms with Crippen LogP contribution in [0.5, 0.6) is 0 Å². The Hall–Kier alpha value is -2.39. The molecule has 0 aromatic carbocycles. The number of carbonyl (C=O) groups is 3. The van der Waals surface area contributed by atoms with Gasteiger partial charge in [-0.25, -0.2) is 4.79 Å². The van der Waals surface area contributed by atoms with Crippen molar-refractivity contribution in [3.8, 4) is 0 Å². The topological polar surface area (TPSA) is 124 Å². The lowest BCUT2D eigenvalue weighted by atomic mass is 9.81. The van der Waals surface area contributed by atoms with Crippen LogP contribution in [0.2, 0.25) is 0 Å². The number of allylic oxidation sites excluding steroid dienone is 2. The highest BCUT2D eigenvalue weighted by Gasteiger charge is 2.72. The lowest BCUT2D eigenvalue weighted by Gasteiger charge is -2.39. The summed E-state index contributed by atoms with van der Waals surface area (Å²) in [4.78, 5) is 42.8. The van der Waals surface area contributed by atoms with Crippen molar-refractivity contribution in [3.63, 3.8) is 0 Å². The highest BCUT2D eigenvalue weighted by molar-refractivity contribution is 6.25. The predicted octanol–water partition coefficient (Wildman–Crippen LogP) is 0.122. The third-order valence-electron chi connectivity index (χ3n) is 7.37. The summed E-state index contributed by atoms with van der Waals surface area (Å²) < 4.78 is 11.2. The average Bonchev–Trinajstić information content (AvgIpc) is 3.31. The highest BCUT2D eigenvalue weighted by Crippen LogP contribution is 2.56. The van der Waals surface area contributed by atoms with Crippen LogP contribution in [-0.2, 0) is 19.1 Å². The van der Waals surface area contributed by atoms with Crippen LogP contribution in [0.4, 0.5) is 4.79 Å². The molecule has 3 N–H and O–H groups in total. The molecule has 5 rings (SSSR count). The first kappa shape index (κ1) is 19.6. The van der Waals surface area contributed by atoms with Crippen molar-refractivity contribution < 1.29 is 23.9 Å². The fourth-order valence-corrected chi connectivity index (χ4v) is 6.05. The number of nitrogens with one attached hydrogen (secondary N) is 1. The quantitative estimate of drug-likeness (QED) is 0.489. The number of ketones is 2. The van der Waals surface area contributed by atoms with E-state index in [1.807, 2.05) is 4.90 Å². The van der Waals surface area contributed by atoms with Crippen LogP contribution in [0.15, 0.2) is 22.5 Å². The molecule has 2 unspecified atom stereocenters. The summed E-state index contributed by atoms with van der Waals surface area (Å²) in [5.41, 5.74) is 6.08. The Balaban J connectivity index is 1.58. The Labute approximate surface area is 175 Å². The van der Waals surface area contributed by atoms with Gasteiger partial charge in [-0.15, -0.1) is 0 Å². The van der Waals surface area contributed by atoms with Crippen LogP contribution in [0.25, 0.3) is 0 Å². The van der Waals surface area contributed by atoms with Gasteiger partial charge in [-0.2, -0.15) is 0 Å². The molecule has 3 saturated heterocycles. The number of likely N-dealkylation sites (tertiary alicyclic amines) is 1. The van der Waals surface area contributed by atoms with Crippen molar-refractivity contribution in [2.75, 3.05) is 33.4 Å². The molecule has 0 aromatic heterocycles. The molecule has 9 nitrogen and oxygen atoms in total. The summed E-state index contributed by atoms with van der Waals surface area (Å²) in [5, 5.41) is 3.37. The molecule has 4 heterocycles. The van der Waals surface area contributed by atoms with E-state index in [2.05, 4.69) is 17.1 Å². The minimum absolute atomic E-state index is 0.0334. The largest absolute Gasteiger partial charge is 0.449 e. The van der Waals surface area contributed by atoms with Crippen LogP contribution in [0.3, 0.4) is 0 Å². The molecule has 30 heavy (non-hydrogen) atoms. The zero-order chi connectivity index (χ0) is 21.4. The van der Waals surface area contributed by atoms with E-state index in [-0.39, 0.29) is 30.3 Å². The Morgan fingerprint density at radius 1 is 1.27 bits per heavy atom. The Kier molecular flexibility index (Phi) is 4.27. The van der Waals surface area contributed by atoms with Gasteiger partial charge in [0.2, 0.25) is 11.6 Å². The van der Waals surface area contributed by atoms with Gasteiger partial charge in [0.25, 0.3) is 0 Å². The number of nitrogens with two attached hydrogens (primary N) is 1. The molecule has 0 bridgehead atoms. The maximum Gasteiger partial charge on any atom is 0.404 e. The molecule has 3 fully saturated rings. The summed E-state index contributed by atoms with van der Waals surface area (Å²) in [6.45, 7) is 5.89. The maximum atomic E-state index is 13.8. The van der Waals surface area contributed by atoms with Crippen molar-refractivity contribution >= 4 is 17.7 Å². The van der Waals surface area contributed by atoms with Gasteiger partial charge in [-0.05, 0) is 25.7 Å². The second-order valence-electron chi connectivity index (χ2n) is 9.09. The molecule has 1 aliphatic carbocycles. The molecular weight excluding hydrogens is 388 g/mol. The molecule has 5 atom stereocenters. The van der Waals surface area contributed by atoms with Crippen LogP contribution in [0, 0.1) is 11.8 Å². The number of hydrogen-bond donors (Lipinski definition) is 2. The van der Waals surface area contributed by atoms with Crippen LogP contribution >= 0.6 is 0 Å². The lowest BCUT2D eigenvalue weighted by Crippen LogP contribution is -2.55. The van der Waals surface area contributed by atoms with Gasteiger partial charge in [0.05, 0.1) is 23.4 Å². The maximum absolute atomic E-state index is 13.8. The molecule has 0 saturated carbocycles. The summed E-state index contributed by atoms with van der Waals surface area (Å²) in [5.74, 6) is -0.420. The number of primary amides is 1. The summed E-state index contributed by atoms with van der Waals surface area (Å²) >= 11 is 0. The fourth-order valence-electron chi connectivity index (χ4n) is 6.05. The molecule has 0 radical (unpaired) electrons. The number of hydrogen-bond acceptors (Lipinski definition) is 8. The molecular formula is C21H28N4O5. The van der Waals surface area contributed by atoms with E-state index in [9.17, 15) is 14.4 Å². The Morgan fingerprint density at radius 3 is 2.70 bits per heavy atom. The number of Topliss-reactive ketones (excluding diaryl/α,β-unsaturated/α-hetero) is 2. The minimum Gasteiger partial charge on any atom is -0.449 e. The Morgan fingerprint density at radius 2 is 2.03 bits per heavy atom. The normalized spacial score (nSPS) is 37.4. The summed E-state index contributed by atoms with van der Waals surface area (Å²) in [6, 6.07) is 0.153. The number of ether oxygens (including phenoxy) is 2. The van der Waals surface area contributed by atoms with E-state index >= 15 is 0 Å². The minimum atomic E-state index is -0.930. The van der Waals surface area contributed by atoms with Gasteiger partial charge in [0, 0.05) is 43.9 Å². The van der Waals surface area contributed by atoms with Gasteiger partial charge in [-0.3, -0.25) is 9.59 Å². The molecule has 9 heteroatoms. The van der Waals surface area contributed by atoms with E-state index < -0.39 is 17.7 Å². The number of methoxy groups -OCH3 is 1. The van der Waals surface area contributed by atoms with Crippen molar-refractivity contribution in [3.05, 3.63) is 22.5 Å². The number of fused-ring (bicyclic) bond motifs is 4. The van der Waals surface area contributed by atoms with Crippen molar-refractivity contribution in [2.45, 2.75) is 44.5 Å². The van der Waals surface area contributed by atoms with E-state index in [0.29, 0.717) is 35.0 Å². The van der Waals surface area contributed by atoms with E-state index in [1.54, 1.807) is 14.0 Å². The fraction of sp³-hybridized carbons (Fsp3) is 0.667. The molecule has 0 aromatic rings. The second kappa shape index (κ2) is 6.55. The van der Waals surface area contributed by atoms with Gasteiger partial charge in [0.15, 0.2) is 5.72 Å².